The molecule has 1 amide bonds. The van der Waals surface area contributed by atoms with E-state index in [0.717, 1.165) is 43.9 Å². The molecule has 2 aromatic carbocycles. The summed E-state index contributed by atoms with van der Waals surface area (Å²) >= 11 is 0. The highest BCUT2D eigenvalue weighted by atomic mass is 32.2. The molecule has 31 heavy (non-hydrogen) atoms. The van der Waals surface area contributed by atoms with Crippen molar-refractivity contribution < 1.29 is 17.9 Å². The van der Waals surface area contributed by atoms with Gasteiger partial charge in [-0.2, -0.15) is 0 Å². The maximum absolute atomic E-state index is 12.6. The average Bonchev–Trinajstić information content (AvgIpc) is 2.76. The lowest BCUT2D eigenvalue weighted by Crippen LogP contribution is -2.50. The van der Waals surface area contributed by atoms with Gasteiger partial charge in [-0.1, -0.05) is 24.3 Å². The number of hydrogen-bond acceptors (Lipinski definition) is 5. The largest absolute Gasteiger partial charge is 0.492 e. The highest BCUT2D eigenvalue weighted by Gasteiger charge is 2.21. The fraction of sp³-hybridized carbons (Fsp3) is 0.435. The van der Waals surface area contributed by atoms with E-state index in [1.165, 1.54) is 18.4 Å². The summed E-state index contributed by atoms with van der Waals surface area (Å²) in [5, 5.41) is 0. The monoisotopic (exact) mass is 445 g/mol. The third-order valence-corrected chi connectivity index (χ3v) is 7.44. The number of hydrogen-bond donors (Lipinski definition) is 0. The number of amides is 1. The second kappa shape index (κ2) is 10.3. The molecule has 0 saturated carbocycles. The zero-order chi connectivity index (χ0) is 22.4. The van der Waals surface area contributed by atoms with E-state index in [0.29, 0.717) is 18.8 Å². The van der Waals surface area contributed by atoms with Crippen molar-refractivity contribution in [2.45, 2.75) is 18.2 Å². The first-order valence-electron chi connectivity index (χ1n) is 10.5. The Bertz CT molecular complexity index is 982. The van der Waals surface area contributed by atoms with Gasteiger partial charge < -0.3 is 9.64 Å². The van der Waals surface area contributed by atoms with Crippen molar-refractivity contribution in [1.82, 2.24) is 14.1 Å². The van der Waals surface area contributed by atoms with Crippen LogP contribution >= 0.6 is 0 Å². The maximum Gasteiger partial charge on any atom is 0.242 e. The highest BCUT2D eigenvalue weighted by Crippen LogP contribution is 2.18. The smallest absolute Gasteiger partial charge is 0.242 e. The molecule has 1 heterocycles. The van der Waals surface area contributed by atoms with E-state index in [1.54, 1.807) is 24.3 Å². The minimum atomic E-state index is -3.43. The molecule has 1 saturated heterocycles. The van der Waals surface area contributed by atoms with E-state index < -0.39 is 10.0 Å². The van der Waals surface area contributed by atoms with Crippen LogP contribution in [0.1, 0.15) is 11.1 Å². The van der Waals surface area contributed by atoms with Gasteiger partial charge in [0.05, 0.1) is 11.3 Å². The summed E-state index contributed by atoms with van der Waals surface area (Å²) in [6.45, 7) is 6.40. The SMILES string of the molecule is Cc1ccccc1CC(=O)N1CCN(CCOc2ccc(S(=O)(=O)N(C)C)cc2)CC1. The first-order chi connectivity index (χ1) is 14.8. The predicted molar refractivity (Wildman–Crippen MR) is 121 cm³/mol. The van der Waals surface area contributed by atoms with Gasteiger partial charge in [-0.25, -0.2) is 12.7 Å². The first-order valence-corrected chi connectivity index (χ1v) is 11.9. The molecular weight excluding hydrogens is 414 g/mol. The number of carbonyl (C=O) groups excluding carboxylic acids is 1. The molecule has 0 aromatic heterocycles. The molecule has 8 heteroatoms. The van der Waals surface area contributed by atoms with Crippen molar-refractivity contribution in [2.75, 3.05) is 53.4 Å². The average molecular weight is 446 g/mol. The summed E-state index contributed by atoms with van der Waals surface area (Å²) in [4.78, 5) is 17.1. The van der Waals surface area contributed by atoms with Crippen molar-refractivity contribution in [2.24, 2.45) is 0 Å². The molecule has 0 unspecified atom stereocenters. The van der Waals surface area contributed by atoms with Crippen molar-refractivity contribution in [3.63, 3.8) is 0 Å². The van der Waals surface area contributed by atoms with Gasteiger partial charge in [0.2, 0.25) is 15.9 Å². The van der Waals surface area contributed by atoms with E-state index in [4.69, 9.17) is 4.74 Å². The Morgan fingerprint density at radius 3 is 2.26 bits per heavy atom. The summed E-state index contributed by atoms with van der Waals surface area (Å²) in [6.07, 6.45) is 0.454. The van der Waals surface area contributed by atoms with Crippen LogP contribution in [-0.4, -0.2) is 81.9 Å². The number of sulfonamides is 1. The molecule has 0 radical (unpaired) electrons. The molecule has 2 aromatic rings. The number of ether oxygens (including phenoxy) is 1. The fourth-order valence-corrected chi connectivity index (χ4v) is 4.42. The van der Waals surface area contributed by atoms with E-state index in [-0.39, 0.29) is 10.8 Å². The predicted octanol–water partition coefficient (Wildman–Crippen LogP) is 2.01. The molecule has 0 atom stereocenters. The van der Waals surface area contributed by atoms with Crippen molar-refractivity contribution >= 4 is 15.9 Å². The van der Waals surface area contributed by atoms with E-state index in [9.17, 15) is 13.2 Å². The van der Waals surface area contributed by atoms with Gasteiger partial charge in [0.15, 0.2) is 0 Å². The lowest BCUT2D eigenvalue weighted by Gasteiger charge is -2.34. The van der Waals surface area contributed by atoms with Crippen LogP contribution in [0.2, 0.25) is 0 Å². The molecule has 0 aliphatic carbocycles. The van der Waals surface area contributed by atoms with Crippen LogP contribution in [0.3, 0.4) is 0 Å². The van der Waals surface area contributed by atoms with Crippen LogP contribution < -0.4 is 4.74 Å². The second-order valence-corrected chi connectivity index (χ2v) is 10.1. The van der Waals surface area contributed by atoms with Crippen LogP contribution in [0.5, 0.6) is 5.75 Å². The second-order valence-electron chi connectivity index (χ2n) is 7.93. The van der Waals surface area contributed by atoms with Gasteiger partial charge >= 0.3 is 0 Å². The Hall–Kier alpha value is -2.42. The van der Waals surface area contributed by atoms with Gasteiger partial charge in [-0.3, -0.25) is 9.69 Å². The van der Waals surface area contributed by atoms with Crippen LogP contribution in [0, 0.1) is 6.92 Å². The summed E-state index contributed by atoms with van der Waals surface area (Å²) in [5.41, 5.74) is 2.24. The summed E-state index contributed by atoms with van der Waals surface area (Å²) in [5.74, 6) is 0.822. The molecule has 1 aliphatic rings. The zero-order valence-electron chi connectivity index (χ0n) is 18.5. The Labute approximate surface area is 185 Å². The standard InChI is InChI=1S/C23H31N3O4S/c1-19-6-4-5-7-20(19)18-23(27)26-14-12-25(13-15-26)16-17-30-21-8-10-22(11-9-21)31(28,29)24(2)3/h4-11H,12-18H2,1-3H3. The third kappa shape index (κ3) is 6.06. The number of aryl methyl sites for hydroxylation is 1. The normalized spacial score (nSPS) is 15.3. The zero-order valence-corrected chi connectivity index (χ0v) is 19.3. The van der Waals surface area contributed by atoms with Crippen molar-refractivity contribution in [1.29, 1.82) is 0 Å². The topological polar surface area (TPSA) is 70.2 Å². The number of rotatable bonds is 8. The Morgan fingerprint density at radius 2 is 1.65 bits per heavy atom. The van der Waals surface area contributed by atoms with E-state index >= 15 is 0 Å². The quantitative estimate of drug-likeness (QED) is 0.622. The molecule has 0 N–H and O–H groups in total. The maximum atomic E-state index is 12.6. The minimum absolute atomic E-state index is 0.179. The summed E-state index contributed by atoms with van der Waals surface area (Å²) in [6, 6.07) is 14.5. The van der Waals surface area contributed by atoms with Gasteiger partial charge in [0.25, 0.3) is 0 Å². The fourth-order valence-electron chi connectivity index (χ4n) is 3.52. The Kier molecular flexibility index (Phi) is 7.69. The molecule has 0 bridgehead atoms. The van der Waals surface area contributed by atoms with Gasteiger partial charge in [-0.15, -0.1) is 0 Å². The number of carbonyl (C=O) groups is 1. The molecule has 7 nitrogen and oxygen atoms in total. The van der Waals surface area contributed by atoms with E-state index in [1.807, 2.05) is 36.1 Å². The molecule has 1 aliphatic heterocycles. The van der Waals surface area contributed by atoms with Gasteiger partial charge in [0, 0.05) is 46.8 Å². The summed E-state index contributed by atoms with van der Waals surface area (Å²) in [7, 11) is -0.409. The molecule has 3 rings (SSSR count). The van der Waals surface area contributed by atoms with E-state index in [2.05, 4.69) is 4.90 Å². The van der Waals surface area contributed by atoms with Crippen LogP contribution in [0.25, 0.3) is 0 Å². The summed E-state index contributed by atoms with van der Waals surface area (Å²) < 4.78 is 31.2. The Morgan fingerprint density at radius 1 is 1.00 bits per heavy atom. The first kappa shape index (κ1) is 23.2. The highest BCUT2D eigenvalue weighted by molar-refractivity contribution is 7.89. The number of nitrogens with zero attached hydrogens (tertiary/aromatic N) is 3. The lowest BCUT2D eigenvalue weighted by atomic mass is 10.1. The van der Waals surface area contributed by atoms with Crippen molar-refractivity contribution in [3.8, 4) is 5.75 Å². The Balaban J connectivity index is 1.40. The molecule has 0 spiro atoms. The molecule has 1 fully saturated rings. The van der Waals surface area contributed by atoms with Gasteiger partial charge in [0.1, 0.15) is 12.4 Å². The number of benzene rings is 2. The molecule has 168 valence electrons. The molecular formula is C23H31N3O4S. The lowest BCUT2D eigenvalue weighted by molar-refractivity contribution is -0.132. The third-order valence-electron chi connectivity index (χ3n) is 5.61. The van der Waals surface area contributed by atoms with Crippen molar-refractivity contribution in [3.05, 3.63) is 59.7 Å². The van der Waals surface area contributed by atoms with Crippen LogP contribution in [0.4, 0.5) is 0 Å². The minimum Gasteiger partial charge on any atom is -0.492 e. The van der Waals surface area contributed by atoms with Gasteiger partial charge in [-0.05, 0) is 42.3 Å². The van der Waals surface area contributed by atoms with Crippen LogP contribution in [-0.2, 0) is 21.2 Å². The van der Waals surface area contributed by atoms with Crippen LogP contribution in [0.15, 0.2) is 53.4 Å². The number of piperazine rings is 1.